The Hall–Kier alpha value is -2.08. The van der Waals surface area contributed by atoms with Gasteiger partial charge < -0.3 is 15.1 Å². The lowest BCUT2D eigenvalue weighted by molar-refractivity contribution is 0.0949. The molecule has 1 N–H and O–H groups in total. The van der Waals surface area contributed by atoms with E-state index in [1.54, 1.807) is 0 Å². The number of anilines is 1. The van der Waals surface area contributed by atoms with Crippen molar-refractivity contribution in [2.45, 2.75) is 19.4 Å². The average Bonchev–Trinajstić information content (AvgIpc) is 3.29. The van der Waals surface area contributed by atoms with Crippen LogP contribution in [0.2, 0.25) is 5.02 Å². The molecule has 0 radical (unpaired) electrons. The number of piperazine rings is 1. The van der Waals surface area contributed by atoms with Crippen molar-refractivity contribution in [3.05, 3.63) is 64.7 Å². The van der Waals surface area contributed by atoms with E-state index in [4.69, 9.17) is 11.6 Å². The lowest BCUT2D eigenvalue weighted by Gasteiger charge is -2.36. The number of likely N-dealkylation sites (tertiary alicyclic amines) is 1. The molecular formula is C24H31ClN4O. The molecule has 0 spiro atoms. The van der Waals surface area contributed by atoms with Crippen LogP contribution in [0.3, 0.4) is 0 Å². The molecule has 0 aliphatic carbocycles. The summed E-state index contributed by atoms with van der Waals surface area (Å²) in [5, 5.41) is 3.85. The zero-order valence-electron chi connectivity index (χ0n) is 17.5. The van der Waals surface area contributed by atoms with E-state index in [0.717, 1.165) is 69.5 Å². The van der Waals surface area contributed by atoms with Gasteiger partial charge in [-0.25, -0.2) is 0 Å². The first-order valence-electron chi connectivity index (χ1n) is 11.0. The molecule has 0 unspecified atom stereocenters. The summed E-state index contributed by atoms with van der Waals surface area (Å²) in [6.07, 6.45) is 2.56. The fourth-order valence-corrected chi connectivity index (χ4v) is 4.45. The van der Waals surface area contributed by atoms with Crippen molar-refractivity contribution in [2.24, 2.45) is 0 Å². The Balaban J connectivity index is 1.25. The zero-order chi connectivity index (χ0) is 20.8. The second-order valence-electron chi connectivity index (χ2n) is 8.24. The highest BCUT2D eigenvalue weighted by molar-refractivity contribution is 6.30. The first-order valence-corrected chi connectivity index (χ1v) is 11.4. The van der Waals surface area contributed by atoms with Crippen LogP contribution in [0.1, 0.15) is 28.8 Å². The molecule has 6 heteroatoms. The van der Waals surface area contributed by atoms with Crippen LogP contribution < -0.4 is 10.2 Å². The van der Waals surface area contributed by atoms with Gasteiger partial charge in [0.1, 0.15) is 0 Å². The van der Waals surface area contributed by atoms with Gasteiger partial charge in [-0.2, -0.15) is 0 Å². The molecule has 2 aliphatic rings. The molecule has 0 atom stereocenters. The number of hydrogen-bond donors (Lipinski definition) is 1. The summed E-state index contributed by atoms with van der Waals surface area (Å²) in [6, 6.07) is 16.1. The largest absolute Gasteiger partial charge is 0.369 e. The molecule has 5 nitrogen and oxygen atoms in total. The van der Waals surface area contributed by atoms with E-state index in [1.807, 2.05) is 30.3 Å². The summed E-state index contributed by atoms with van der Waals surface area (Å²) in [7, 11) is 0. The maximum atomic E-state index is 12.5. The van der Waals surface area contributed by atoms with Crippen molar-refractivity contribution in [3.63, 3.8) is 0 Å². The number of hydrogen-bond acceptors (Lipinski definition) is 4. The molecule has 2 heterocycles. The third-order valence-electron chi connectivity index (χ3n) is 6.07. The van der Waals surface area contributed by atoms with E-state index < -0.39 is 0 Å². The van der Waals surface area contributed by atoms with Crippen LogP contribution >= 0.6 is 11.6 Å². The van der Waals surface area contributed by atoms with Gasteiger partial charge in [0.05, 0.1) is 0 Å². The molecule has 2 aliphatic heterocycles. The minimum absolute atomic E-state index is 0.0311. The number of amides is 1. The fourth-order valence-electron chi connectivity index (χ4n) is 4.32. The molecule has 2 aromatic rings. The number of halogens is 1. The number of nitrogens with zero attached hydrogens (tertiary/aromatic N) is 3. The summed E-state index contributed by atoms with van der Waals surface area (Å²) in [5.74, 6) is 0.0311. The lowest BCUT2D eigenvalue weighted by atomic mass is 10.1. The van der Waals surface area contributed by atoms with E-state index in [-0.39, 0.29) is 5.91 Å². The molecule has 1 amide bonds. The number of rotatable bonds is 7. The van der Waals surface area contributed by atoms with E-state index >= 15 is 0 Å². The smallest absolute Gasteiger partial charge is 0.251 e. The van der Waals surface area contributed by atoms with Crippen LogP contribution in [0.25, 0.3) is 0 Å². The number of nitrogens with one attached hydrogen (secondary N) is 1. The Bertz CT molecular complexity index is 827. The highest BCUT2D eigenvalue weighted by Gasteiger charge is 2.18. The Morgan fingerprint density at radius 2 is 1.63 bits per heavy atom. The summed E-state index contributed by atoms with van der Waals surface area (Å²) >= 11 is 6.00. The van der Waals surface area contributed by atoms with Crippen molar-refractivity contribution in [1.82, 2.24) is 15.1 Å². The minimum atomic E-state index is 0.0311. The van der Waals surface area contributed by atoms with Crippen LogP contribution in [0.5, 0.6) is 0 Å². The van der Waals surface area contributed by atoms with Crippen LogP contribution in [-0.4, -0.2) is 68.1 Å². The van der Waals surface area contributed by atoms with Gasteiger partial charge in [0.25, 0.3) is 5.91 Å². The second kappa shape index (κ2) is 10.3. The minimum Gasteiger partial charge on any atom is -0.369 e. The Morgan fingerprint density at radius 3 is 2.37 bits per heavy atom. The number of benzene rings is 2. The van der Waals surface area contributed by atoms with Crippen molar-refractivity contribution >= 4 is 23.2 Å². The van der Waals surface area contributed by atoms with Crippen molar-refractivity contribution < 1.29 is 4.79 Å². The van der Waals surface area contributed by atoms with Gasteiger partial charge in [0, 0.05) is 62.1 Å². The maximum absolute atomic E-state index is 12.5. The molecule has 2 fully saturated rings. The molecule has 2 aromatic carbocycles. The Kier molecular flexibility index (Phi) is 7.26. The summed E-state index contributed by atoms with van der Waals surface area (Å²) < 4.78 is 0. The number of carbonyl (C=O) groups is 1. The molecule has 4 rings (SSSR count). The molecule has 160 valence electrons. The Morgan fingerprint density at radius 1 is 0.900 bits per heavy atom. The third-order valence-corrected chi connectivity index (χ3v) is 6.32. The van der Waals surface area contributed by atoms with E-state index in [2.05, 4.69) is 38.2 Å². The zero-order valence-corrected chi connectivity index (χ0v) is 18.3. The van der Waals surface area contributed by atoms with Gasteiger partial charge >= 0.3 is 0 Å². The highest BCUT2D eigenvalue weighted by Crippen LogP contribution is 2.20. The molecule has 2 saturated heterocycles. The normalized spacial score (nSPS) is 18.0. The van der Waals surface area contributed by atoms with E-state index in [9.17, 15) is 4.79 Å². The monoisotopic (exact) mass is 426 g/mol. The highest BCUT2D eigenvalue weighted by atomic mass is 35.5. The van der Waals surface area contributed by atoms with Gasteiger partial charge in [-0.1, -0.05) is 23.7 Å². The predicted octanol–water partition coefficient (Wildman–Crippen LogP) is 3.49. The quantitative estimate of drug-likeness (QED) is 0.735. The molecule has 0 bridgehead atoms. The second-order valence-corrected chi connectivity index (χ2v) is 8.68. The average molecular weight is 427 g/mol. The van der Waals surface area contributed by atoms with Gasteiger partial charge in [-0.3, -0.25) is 9.69 Å². The van der Waals surface area contributed by atoms with Crippen LogP contribution in [0.15, 0.2) is 48.5 Å². The van der Waals surface area contributed by atoms with Crippen LogP contribution in [0.4, 0.5) is 5.69 Å². The van der Waals surface area contributed by atoms with E-state index in [0.29, 0.717) is 0 Å². The van der Waals surface area contributed by atoms with Crippen molar-refractivity contribution in [2.75, 3.05) is 57.3 Å². The summed E-state index contributed by atoms with van der Waals surface area (Å²) in [4.78, 5) is 19.8. The summed E-state index contributed by atoms with van der Waals surface area (Å²) in [5.41, 5.74) is 3.18. The third kappa shape index (κ3) is 5.75. The van der Waals surface area contributed by atoms with E-state index in [1.165, 1.54) is 24.1 Å². The molecule has 0 aromatic heterocycles. The Labute approximate surface area is 184 Å². The SMILES string of the molecule is O=C(NCCN1CCCC1)c1cccc(CN2CCN(c3ccc(Cl)cc3)CC2)c1. The van der Waals surface area contributed by atoms with Gasteiger partial charge in [-0.05, 0) is 67.9 Å². The fraction of sp³-hybridized carbons (Fsp3) is 0.458. The first-order chi connectivity index (χ1) is 14.7. The van der Waals surface area contributed by atoms with Crippen LogP contribution in [-0.2, 0) is 6.54 Å². The van der Waals surface area contributed by atoms with Gasteiger partial charge in [-0.15, -0.1) is 0 Å². The first kappa shape index (κ1) is 21.2. The lowest BCUT2D eigenvalue weighted by Crippen LogP contribution is -2.46. The van der Waals surface area contributed by atoms with Crippen molar-refractivity contribution in [3.8, 4) is 0 Å². The topological polar surface area (TPSA) is 38.8 Å². The maximum Gasteiger partial charge on any atom is 0.251 e. The molecular weight excluding hydrogens is 396 g/mol. The summed E-state index contributed by atoms with van der Waals surface area (Å²) in [6.45, 7) is 8.88. The molecule has 30 heavy (non-hydrogen) atoms. The predicted molar refractivity (Wildman–Crippen MR) is 123 cm³/mol. The molecule has 0 saturated carbocycles. The van der Waals surface area contributed by atoms with Crippen molar-refractivity contribution in [1.29, 1.82) is 0 Å². The van der Waals surface area contributed by atoms with Gasteiger partial charge in [0.2, 0.25) is 0 Å². The van der Waals surface area contributed by atoms with Crippen LogP contribution in [0, 0.1) is 0 Å². The standard InChI is InChI=1S/C24H31ClN4O/c25-22-6-8-23(9-7-22)29-16-14-28(15-17-29)19-20-4-3-5-21(18-20)24(30)26-10-13-27-11-1-2-12-27/h3-9,18H,1-2,10-17,19H2,(H,26,30). The van der Waals surface area contributed by atoms with Gasteiger partial charge in [0.15, 0.2) is 0 Å². The number of carbonyl (C=O) groups excluding carboxylic acids is 1.